The molecule has 1 aromatic heterocycles. The Morgan fingerprint density at radius 3 is 2.00 bits per heavy atom. The van der Waals surface area contributed by atoms with Crippen LogP contribution < -0.4 is 23.4 Å². The lowest BCUT2D eigenvalue weighted by molar-refractivity contribution is -2.00. The maximum Gasteiger partial charge on any atom is 0.219 e. The zero-order valence-electron chi connectivity index (χ0n) is 10.2. The van der Waals surface area contributed by atoms with Crippen LogP contribution in [-0.4, -0.2) is 0 Å². The third kappa shape index (κ3) is 10.2. The molecule has 100 valence electrons. The van der Waals surface area contributed by atoms with Crippen molar-refractivity contribution < 1.29 is 38.1 Å². The topological polar surface area (TPSA) is 109 Å². The fraction of sp³-hybridized carbons (Fsp3) is 0.700. The fourth-order valence-electron chi connectivity index (χ4n) is 1.33. The van der Waals surface area contributed by atoms with Crippen molar-refractivity contribution in [2.45, 2.75) is 40.2 Å². The Balaban J connectivity index is 0.000000437. The number of hydrogen-bond acceptors (Lipinski definition) is 5. The van der Waals surface area contributed by atoms with Crippen molar-refractivity contribution in [2.75, 3.05) is 0 Å². The Kier molecular flexibility index (Phi) is 7.33. The molecule has 0 saturated carbocycles. The van der Waals surface area contributed by atoms with Crippen molar-refractivity contribution in [1.29, 1.82) is 0 Å². The minimum Gasteiger partial charge on any atom is -0.242 e. The second-order valence-electron chi connectivity index (χ2n) is 3.68. The zero-order chi connectivity index (χ0) is 13.5. The molecule has 0 N–H and O–H groups in total. The minimum absolute atomic E-state index is 0.751. The zero-order valence-corrected chi connectivity index (χ0v) is 11.0. The van der Waals surface area contributed by atoms with E-state index in [4.69, 9.17) is 23.2 Å². The molecule has 0 bridgehead atoms. The molecule has 0 radical (unpaired) electrons. The highest BCUT2D eigenvalue weighted by atomic mass is 35.7. The highest BCUT2D eigenvalue weighted by Gasteiger charge is 2.13. The van der Waals surface area contributed by atoms with Crippen LogP contribution >= 0.6 is 0 Å². The molecule has 0 aliphatic carbocycles. The molecular formula is C10H18ClNO5. The Morgan fingerprint density at radius 2 is 1.71 bits per heavy atom. The highest BCUT2D eigenvalue weighted by Crippen LogP contribution is 2.07. The van der Waals surface area contributed by atoms with E-state index < -0.39 is 10.2 Å². The first kappa shape index (κ1) is 16.3. The molecule has 0 saturated heterocycles. The van der Waals surface area contributed by atoms with Crippen molar-refractivity contribution in [3.8, 4) is 0 Å². The molecular weight excluding hydrogens is 250 g/mol. The average Bonchev–Trinajstić information content (AvgIpc) is 2.58. The number of aryl methyl sites for hydroxylation is 1. The summed E-state index contributed by atoms with van der Waals surface area (Å²) in [5.41, 5.74) is 0. The van der Waals surface area contributed by atoms with Crippen molar-refractivity contribution >= 4 is 0 Å². The van der Waals surface area contributed by atoms with E-state index >= 15 is 0 Å². The van der Waals surface area contributed by atoms with E-state index in [1.807, 2.05) is 23.9 Å². The lowest BCUT2D eigenvalue weighted by atomic mass is 10.0. The van der Waals surface area contributed by atoms with Gasteiger partial charge in [-0.25, -0.2) is 23.2 Å². The molecule has 17 heavy (non-hydrogen) atoms. The predicted octanol–water partition coefficient (Wildman–Crippen LogP) is -2.44. The van der Waals surface area contributed by atoms with Gasteiger partial charge >= 0.3 is 0 Å². The van der Waals surface area contributed by atoms with Crippen LogP contribution in [0.4, 0.5) is 0 Å². The van der Waals surface area contributed by atoms with Crippen molar-refractivity contribution in [1.82, 2.24) is 0 Å². The lowest BCUT2D eigenvalue weighted by Gasteiger charge is -2.17. The van der Waals surface area contributed by atoms with E-state index in [1.54, 1.807) is 0 Å². The summed E-state index contributed by atoms with van der Waals surface area (Å²) in [4.78, 5) is 0. The molecule has 0 aromatic carbocycles. The average molecular weight is 268 g/mol. The Labute approximate surface area is 103 Å². The van der Waals surface area contributed by atoms with Gasteiger partial charge in [-0.3, -0.25) is 0 Å². The number of halogens is 1. The third-order valence-corrected chi connectivity index (χ3v) is 2.33. The monoisotopic (exact) mass is 267 g/mol. The first-order chi connectivity index (χ1) is 7.76. The third-order valence-electron chi connectivity index (χ3n) is 2.33. The van der Waals surface area contributed by atoms with Crippen LogP contribution in [0.15, 0.2) is 16.8 Å². The Bertz CT molecular complexity index is 300. The van der Waals surface area contributed by atoms with Crippen LogP contribution in [0.5, 0.6) is 0 Å². The molecule has 0 aliphatic rings. The summed E-state index contributed by atoms with van der Waals surface area (Å²) < 4.78 is 41.3. The number of hydrogen-bond donors (Lipinski definition) is 0. The van der Waals surface area contributed by atoms with Crippen LogP contribution in [0.25, 0.3) is 0 Å². The van der Waals surface area contributed by atoms with Gasteiger partial charge < -0.3 is 0 Å². The Hall–Kier alpha value is -0.660. The number of aromatic nitrogens is 1. The van der Waals surface area contributed by atoms with Crippen molar-refractivity contribution in [3.63, 3.8) is 0 Å². The normalized spacial score (nSPS) is 11.3. The summed E-state index contributed by atoms with van der Waals surface area (Å²) in [6, 6.07) is 2.00. The minimum atomic E-state index is -4.94. The second-order valence-corrected chi connectivity index (χ2v) is 4.43. The van der Waals surface area contributed by atoms with Gasteiger partial charge in [-0.1, -0.05) is 13.8 Å². The summed E-state index contributed by atoms with van der Waals surface area (Å²) in [5, 5.41) is 0. The molecule has 0 atom stereocenters. The summed E-state index contributed by atoms with van der Waals surface area (Å²) in [7, 11) is -4.94. The summed E-state index contributed by atoms with van der Waals surface area (Å²) in [5.74, 6) is 1.74. The standard InChI is InChI=1S/C10H18NO.ClHO4/c1-4-10(5-2)8-11-7-6-9(3)12-11;2-1(3,4)5/h6-7,10H,4-5,8H2,1-3H3;(H,2,3,4,5)/q+1;/p-1. The predicted molar refractivity (Wildman–Crippen MR) is 47.7 cm³/mol. The second kappa shape index (κ2) is 7.62. The maximum absolute atomic E-state index is 8.49. The van der Waals surface area contributed by atoms with Gasteiger partial charge in [0.15, 0.2) is 12.3 Å². The molecule has 0 unspecified atom stereocenters. The smallest absolute Gasteiger partial charge is 0.219 e. The molecule has 7 heteroatoms. The first-order valence-electron chi connectivity index (χ1n) is 5.34. The van der Waals surface area contributed by atoms with Crippen LogP contribution in [0, 0.1) is 23.1 Å². The maximum atomic E-state index is 8.49. The van der Waals surface area contributed by atoms with Gasteiger partial charge in [0.05, 0.1) is 6.07 Å². The molecule has 6 nitrogen and oxygen atoms in total. The summed E-state index contributed by atoms with van der Waals surface area (Å²) in [6.07, 6.45) is 4.46. The van der Waals surface area contributed by atoms with E-state index in [2.05, 4.69) is 13.8 Å². The van der Waals surface area contributed by atoms with Crippen LogP contribution in [-0.2, 0) is 6.54 Å². The highest BCUT2D eigenvalue weighted by molar-refractivity contribution is 4.84. The number of nitrogens with zero attached hydrogens (tertiary/aromatic N) is 1. The molecule has 0 fully saturated rings. The van der Waals surface area contributed by atoms with Crippen LogP contribution in [0.2, 0.25) is 0 Å². The largest absolute Gasteiger partial charge is 0.242 e. The fourth-order valence-corrected chi connectivity index (χ4v) is 1.33. The molecule has 1 heterocycles. The lowest BCUT2D eigenvalue weighted by Crippen LogP contribution is -2.68. The van der Waals surface area contributed by atoms with Gasteiger partial charge in [0.2, 0.25) is 6.20 Å². The number of rotatable bonds is 4. The molecule has 0 spiro atoms. The van der Waals surface area contributed by atoms with E-state index in [9.17, 15) is 0 Å². The summed E-state index contributed by atoms with van der Waals surface area (Å²) in [6.45, 7) is 7.44. The van der Waals surface area contributed by atoms with Gasteiger partial charge in [0.25, 0.3) is 0 Å². The van der Waals surface area contributed by atoms with Gasteiger partial charge in [-0.05, 0) is 17.6 Å². The molecule has 0 aliphatic heterocycles. The summed E-state index contributed by atoms with van der Waals surface area (Å²) >= 11 is 0. The van der Waals surface area contributed by atoms with Crippen molar-refractivity contribution in [3.05, 3.63) is 18.0 Å². The SMILES string of the molecule is CCC(CC)C[n+]1ccc(C)o1.[O-][Cl+3]([O-])([O-])[O-]. The van der Waals surface area contributed by atoms with E-state index in [1.165, 1.54) is 12.8 Å². The molecule has 1 rings (SSSR count). The van der Waals surface area contributed by atoms with Crippen LogP contribution in [0.1, 0.15) is 32.4 Å². The van der Waals surface area contributed by atoms with E-state index in [0.29, 0.717) is 0 Å². The van der Waals surface area contributed by atoms with E-state index in [-0.39, 0.29) is 0 Å². The van der Waals surface area contributed by atoms with Gasteiger partial charge in [-0.15, -0.1) is 10.2 Å². The molecule has 0 amide bonds. The quantitative estimate of drug-likeness (QED) is 0.563. The van der Waals surface area contributed by atoms with Crippen molar-refractivity contribution in [2.24, 2.45) is 5.92 Å². The van der Waals surface area contributed by atoms with Gasteiger partial charge in [0.1, 0.15) is 0 Å². The molecule has 1 aromatic rings. The van der Waals surface area contributed by atoms with Crippen LogP contribution in [0.3, 0.4) is 0 Å². The first-order valence-corrected chi connectivity index (χ1v) is 6.57. The van der Waals surface area contributed by atoms with Gasteiger partial charge in [-0.2, -0.15) is 0 Å². The Morgan fingerprint density at radius 1 is 1.24 bits per heavy atom. The van der Waals surface area contributed by atoms with E-state index in [0.717, 1.165) is 18.2 Å². The van der Waals surface area contributed by atoms with Gasteiger partial charge in [0, 0.05) is 12.8 Å².